The van der Waals surface area contributed by atoms with E-state index in [1.807, 2.05) is 24.3 Å². The smallest absolute Gasteiger partial charge is 0.123 e. The summed E-state index contributed by atoms with van der Waals surface area (Å²) >= 11 is 9.27. The maximum absolute atomic E-state index is 13.1. The van der Waals surface area contributed by atoms with Crippen LogP contribution < -0.4 is 0 Å². The van der Waals surface area contributed by atoms with Crippen LogP contribution in [0.4, 0.5) is 4.39 Å². The minimum Gasteiger partial charge on any atom is -0.207 e. The lowest BCUT2D eigenvalue weighted by atomic mass is 10.0. The summed E-state index contributed by atoms with van der Waals surface area (Å²) in [6, 6.07) is 12.3. The summed E-state index contributed by atoms with van der Waals surface area (Å²) in [5.41, 5.74) is 2.81. The monoisotopic (exact) mass is 298 g/mol. The largest absolute Gasteiger partial charge is 0.207 e. The Morgan fingerprint density at radius 3 is 2.62 bits per heavy atom. The summed E-state index contributed by atoms with van der Waals surface area (Å²) in [5.74, 6) is 0.173. The van der Waals surface area contributed by atoms with E-state index in [0.29, 0.717) is 5.88 Å². The maximum atomic E-state index is 13.1. The van der Waals surface area contributed by atoms with Gasteiger partial charge >= 0.3 is 0 Å². The van der Waals surface area contributed by atoms with Gasteiger partial charge in [0.2, 0.25) is 0 Å². The van der Waals surface area contributed by atoms with Crippen LogP contribution in [0.1, 0.15) is 5.56 Å². The van der Waals surface area contributed by atoms with E-state index < -0.39 is 0 Å². The van der Waals surface area contributed by atoms with Gasteiger partial charge in [0.1, 0.15) is 5.82 Å². The van der Waals surface area contributed by atoms with Crippen LogP contribution in [0.2, 0.25) is 0 Å². The van der Waals surface area contributed by atoms with Crippen LogP contribution in [0, 0.1) is 5.82 Å². The average Bonchev–Trinajstić information content (AvgIpc) is 2.28. The van der Waals surface area contributed by atoms with Crippen molar-refractivity contribution in [1.29, 1.82) is 0 Å². The van der Waals surface area contributed by atoms with E-state index >= 15 is 0 Å². The normalized spacial score (nSPS) is 10.4. The second kappa shape index (κ2) is 4.98. The molecule has 0 aliphatic heterocycles. The molecule has 16 heavy (non-hydrogen) atoms. The number of alkyl halides is 1. The molecule has 2 aromatic rings. The lowest BCUT2D eigenvalue weighted by Gasteiger charge is -2.08. The topological polar surface area (TPSA) is 0 Å². The summed E-state index contributed by atoms with van der Waals surface area (Å²) in [6.45, 7) is 0. The summed E-state index contributed by atoms with van der Waals surface area (Å²) in [7, 11) is 0. The molecule has 0 aliphatic rings. The van der Waals surface area contributed by atoms with Crippen molar-refractivity contribution in [2.75, 3.05) is 0 Å². The highest BCUT2D eigenvalue weighted by Crippen LogP contribution is 2.28. The quantitative estimate of drug-likeness (QED) is 0.685. The van der Waals surface area contributed by atoms with Crippen molar-refractivity contribution in [2.24, 2.45) is 0 Å². The van der Waals surface area contributed by atoms with Gasteiger partial charge in [-0.1, -0.05) is 34.1 Å². The number of hydrogen-bond acceptors (Lipinski definition) is 0. The van der Waals surface area contributed by atoms with Crippen LogP contribution in [0.15, 0.2) is 46.9 Å². The van der Waals surface area contributed by atoms with Crippen LogP contribution in [0.5, 0.6) is 0 Å². The second-order valence-electron chi connectivity index (χ2n) is 3.45. The summed E-state index contributed by atoms with van der Waals surface area (Å²) < 4.78 is 14.1. The molecule has 0 fully saturated rings. The van der Waals surface area contributed by atoms with Crippen molar-refractivity contribution in [1.82, 2.24) is 0 Å². The van der Waals surface area contributed by atoms with Gasteiger partial charge in [-0.05, 0) is 41.0 Å². The van der Waals surface area contributed by atoms with E-state index in [-0.39, 0.29) is 5.82 Å². The Morgan fingerprint density at radius 1 is 1.12 bits per heavy atom. The van der Waals surface area contributed by atoms with Gasteiger partial charge in [0.05, 0.1) is 0 Å². The van der Waals surface area contributed by atoms with Crippen molar-refractivity contribution in [2.45, 2.75) is 5.88 Å². The van der Waals surface area contributed by atoms with E-state index in [9.17, 15) is 4.39 Å². The molecule has 0 unspecified atom stereocenters. The number of halogens is 3. The average molecular weight is 300 g/mol. The molecule has 0 atom stereocenters. The second-order valence-corrected chi connectivity index (χ2v) is 4.63. The van der Waals surface area contributed by atoms with Crippen molar-refractivity contribution in [3.05, 3.63) is 58.3 Å². The highest BCUT2D eigenvalue weighted by molar-refractivity contribution is 9.10. The molecular formula is C13H9BrClF. The Bertz CT molecular complexity index is 511. The summed E-state index contributed by atoms with van der Waals surface area (Å²) in [6.07, 6.45) is 0. The molecule has 0 aromatic heterocycles. The van der Waals surface area contributed by atoms with E-state index in [1.54, 1.807) is 6.07 Å². The number of hydrogen-bond donors (Lipinski definition) is 0. The Labute approximate surface area is 107 Å². The molecule has 0 bridgehead atoms. The van der Waals surface area contributed by atoms with Crippen LogP contribution in [0.25, 0.3) is 11.1 Å². The Balaban J connectivity index is 2.55. The van der Waals surface area contributed by atoms with Gasteiger partial charge in [0, 0.05) is 10.4 Å². The molecular weight excluding hydrogens is 290 g/mol. The molecule has 0 saturated carbocycles. The lowest BCUT2D eigenvalue weighted by molar-refractivity contribution is 0.628. The molecule has 0 spiro atoms. The maximum Gasteiger partial charge on any atom is 0.123 e. The van der Waals surface area contributed by atoms with Gasteiger partial charge in [0.15, 0.2) is 0 Å². The van der Waals surface area contributed by atoms with Crippen molar-refractivity contribution in [3.8, 4) is 11.1 Å². The molecule has 0 aliphatic carbocycles. The molecule has 0 heterocycles. The molecule has 0 amide bonds. The predicted molar refractivity (Wildman–Crippen MR) is 69.1 cm³/mol. The standard InChI is InChI=1S/C13H9BrClF/c14-11-4-5-13(10(6-11)8-15)9-2-1-3-12(16)7-9/h1-7H,8H2. The fourth-order valence-electron chi connectivity index (χ4n) is 1.61. The van der Waals surface area contributed by atoms with Gasteiger partial charge in [-0.15, -0.1) is 11.6 Å². The Hall–Kier alpha value is -0.860. The molecule has 0 radical (unpaired) electrons. The Morgan fingerprint density at radius 2 is 1.94 bits per heavy atom. The van der Waals surface area contributed by atoms with Crippen LogP contribution in [0.3, 0.4) is 0 Å². The van der Waals surface area contributed by atoms with Gasteiger partial charge in [-0.2, -0.15) is 0 Å². The van der Waals surface area contributed by atoms with Gasteiger partial charge < -0.3 is 0 Å². The third kappa shape index (κ3) is 2.45. The van der Waals surface area contributed by atoms with E-state index in [0.717, 1.165) is 21.2 Å². The highest BCUT2D eigenvalue weighted by Gasteiger charge is 2.05. The van der Waals surface area contributed by atoms with E-state index in [1.165, 1.54) is 12.1 Å². The molecule has 3 heteroatoms. The minimum absolute atomic E-state index is 0.235. The fraction of sp³-hybridized carbons (Fsp3) is 0.0769. The molecule has 0 N–H and O–H groups in total. The first-order valence-electron chi connectivity index (χ1n) is 4.81. The fourth-order valence-corrected chi connectivity index (χ4v) is 2.24. The third-order valence-corrected chi connectivity index (χ3v) is 3.13. The molecule has 2 rings (SSSR count). The zero-order valence-corrected chi connectivity index (χ0v) is 10.7. The van der Waals surface area contributed by atoms with E-state index in [4.69, 9.17) is 11.6 Å². The first-order valence-corrected chi connectivity index (χ1v) is 6.14. The third-order valence-electron chi connectivity index (χ3n) is 2.35. The summed E-state index contributed by atoms with van der Waals surface area (Å²) in [5, 5.41) is 0. The molecule has 82 valence electrons. The highest BCUT2D eigenvalue weighted by atomic mass is 79.9. The number of benzene rings is 2. The first-order chi connectivity index (χ1) is 7.70. The van der Waals surface area contributed by atoms with E-state index in [2.05, 4.69) is 15.9 Å². The SMILES string of the molecule is Fc1cccc(-c2ccc(Br)cc2CCl)c1. The van der Waals surface area contributed by atoms with Crippen LogP contribution >= 0.6 is 27.5 Å². The van der Waals surface area contributed by atoms with Crippen LogP contribution in [-0.4, -0.2) is 0 Å². The minimum atomic E-state index is -0.235. The lowest BCUT2D eigenvalue weighted by Crippen LogP contribution is -1.87. The van der Waals surface area contributed by atoms with Gasteiger partial charge in [0.25, 0.3) is 0 Å². The number of rotatable bonds is 2. The van der Waals surface area contributed by atoms with Gasteiger partial charge in [-0.25, -0.2) is 4.39 Å². The first kappa shape index (κ1) is 11.6. The summed E-state index contributed by atoms with van der Waals surface area (Å²) in [4.78, 5) is 0. The molecule has 0 nitrogen and oxygen atoms in total. The van der Waals surface area contributed by atoms with Crippen molar-refractivity contribution < 1.29 is 4.39 Å². The van der Waals surface area contributed by atoms with Crippen molar-refractivity contribution in [3.63, 3.8) is 0 Å². The predicted octanol–water partition coefficient (Wildman–Crippen LogP) is 4.99. The van der Waals surface area contributed by atoms with Gasteiger partial charge in [-0.3, -0.25) is 0 Å². The molecule has 0 saturated heterocycles. The Kier molecular flexibility index (Phi) is 3.62. The van der Waals surface area contributed by atoms with Crippen LogP contribution in [-0.2, 0) is 5.88 Å². The molecule has 2 aromatic carbocycles. The zero-order valence-electron chi connectivity index (χ0n) is 8.38. The zero-order chi connectivity index (χ0) is 11.5. The van der Waals surface area contributed by atoms with Crippen molar-refractivity contribution >= 4 is 27.5 Å².